The van der Waals surface area contributed by atoms with Crippen molar-refractivity contribution in [2.75, 3.05) is 0 Å². The van der Waals surface area contributed by atoms with E-state index in [0.29, 0.717) is 23.4 Å². The molecule has 0 radical (unpaired) electrons. The molecule has 0 N–H and O–H groups in total. The van der Waals surface area contributed by atoms with E-state index in [-0.39, 0.29) is 22.4 Å². The van der Waals surface area contributed by atoms with Crippen LogP contribution in [0.5, 0.6) is 0 Å². The van der Waals surface area contributed by atoms with Crippen LogP contribution in [-0.4, -0.2) is 20.3 Å². The van der Waals surface area contributed by atoms with Gasteiger partial charge in [-0.05, 0) is 42.7 Å². The average Bonchev–Trinajstić information content (AvgIpc) is 2.77. The maximum atomic E-state index is 13.0. The number of benzene rings is 3. The summed E-state index contributed by atoms with van der Waals surface area (Å²) in [5, 5.41) is 11.3. The minimum absolute atomic E-state index is 0.0114. The largest absolute Gasteiger partial charge is 0.295 e. The monoisotopic (exact) mass is 413 g/mol. The molecule has 7 heteroatoms. The van der Waals surface area contributed by atoms with Crippen molar-refractivity contribution in [1.29, 1.82) is 0 Å². The number of Topliss-reactive ketones (excluding diaryl/α,β-unsaturated/α-hetero) is 1. The maximum Gasteiger partial charge on any atom is 0.270 e. The first-order valence-corrected chi connectivity index (χ1v) is 9.69. The summed E-state index contributed by atoms with van der Waals surface area (Å²) in [4.78, 5) is 39.6. The summed E-state index contributed by atoms with van der Waals surface area (Å²) < 4.78 is 1.51. The molecule has 0 fully saturated rings. The highest BCUT2D eigenvalue weighted by molar-refractivity contribution is 5.95. The first-order valence-electron chi connectivity index (χ1n) is 9.69. The third-order valence-electron chi connectivity index (χ3n) is 5.24. The fourth-order valence-corrected chi connectivity index (χ4v) is 3.52. The second-order valence-corrected chi connectivity index (χ2v) is 7.34. The van der Waals surface area contributed by atoms with Crippen LogP contribution in [0.1, 0.15) is 28.7 Å². The summed E-state index contributed by atoms with van der Waals surface area (Å²) in [6.07, 6.45) is 0. The van der Waals surface area contributed by atoms with Crippen molar-refractivity contribution in [3.05, 3.63) is 104 Å². The summed E-state index contributed by atoms with van der Waals surface area (Å²) in [6.45, 7) is 3.57. The second kappa shape index (κ2) is 7.95. The third kappa shape index (κ3) is 3.98. The van der Waals surface area contributed by atoms with Gasteiger partial charge in [0.25, 0.3) is 11.2 Å². The SMILES string of the molecule is CC(=O)c1cccc(-c2ccc(Cn3c(C)nc4ccc([N+](=O)[O-])cc4c3=O)cc2)c1. The van der Waals surface area contributed by atoms with Crippen LogP contribution in [0.25, 0.3) is 22.0 Å². The Hall–Kier alpha value is -4.13. The Morgan fingerprint density at radius 2 is 1.77 bits per heavy atom. The molecule has 154 valence electrons. The van der Waals surface area contributed by atoms with E-state index in [2.05, 4.69) is 4.98 Å². The van der Waals surface area contributed by atoms with Gasteiger partial charge in [-0.3, -0.25) is 24.3 Å². The van der Waals surface area contributed by atoms with Crippen molar-refractivity contribution in [1.82, 2.24) is 9.55 Å². The number of carbonyl (C=O) groups excluding carboxylic acids is 1. The van der Waals surface area contributed by atoms with Crippen molar-refractivity contribution in [2.24, 2.45) is 0 Å². The summed E-state index contributed by atoms with van der Waals surface area (Å²) in [7, 11) is 0. The summed E-state index contributed by atoms with van der Waals surface area (Å²) in [5.74, 6) is 0.543. The molecule has 0 bridgehead atoms. The van der Waals surface area contributed by atoms with Crippen LogP contribution >= 0.6 is 0 Å². The van der Waals surface area contributed by atoms with E-state index in [1.165, 1.54) is 29.7 Å². The molecule has 7 nitrogen and oxygen atoms in total. The van der Waals surface area contributed by atoms with Crippen molar-refractivity contribution in [3.8, 4) is 11.1 Å². The lowest BCUT2D eigenvalue weighted by Crippen LogP contribution is -2.24. The van der Waals surface area contributed by atoms with Gasteiger partial charge in [0.2, 0.25) is 0 Å². The molecule has 0 unspecified atom stereocenters. The number of nitro groups is 1. The number of aryl methyl sites for hydroxylation is 1. The van der Waals surface area contributed by atoms with Gasteiger partial charge in [-0.2, -0.15) is 0 Å². The molecule has 1 heterocycles. The fraction of sp³-hybridized carbons (Fsp3) is 0.125. The lowest BCUT2D eigenvalue weighted by Gasteiger charge is -2.12. The summed E-state index contributed by atoms with van der Waals surface area (Å²) >= 11 is 0. The molecule has 0 atom stereocenters. The number of hydrogen-bond acceptors (Lipinski definition) is 5. The molecular weight excluding hydrogens is 394 g/mol. The van der Waals surface area contributed by atoms with Crippen molar-refractivity contribution in [3.63, 3.8) is 0 Å². The number of aromatic nitrogens is 2. The minimum atomic E-state index is -0.525. The molecule has 4 rings (SSSR count). The van der Waals surface area contributed by atoms with Gasteiger partial charge < -0.3 is 0 Å². The van der Waals surface area contributed by atoms with E-state index < -0.39 is 4.92 Å². The molecule has 31 heavy (non-hydrogen) atoms. The number of nitrogens with zero attached hydrogens (tertiary/aromatic N) is 3. The number of ketones is 1. The first kappa shape index (κ1) is 20.2. The van der Waals surface area contributed by atoms with Gasteiger partial charge in [0.05, 0.1) is 22.4 Å². The van der Waals surface area contributed by atoms with E-state index >= 15 is 0 Å². The van der Waals surface area contributed by atoms with Crippen LogP contribution in [0.15, 0.2) is 71.5 Å². The highest BCUT2D eigenvalue weighted by atomic mass is 16.6. The van der Waals surface area contributed by atoms with Crippen LogP contribution in [0, 0.1) is 17.0 Å². The van der Waals surface area contributed by atoms with Gasteiger partial charge in [0.15, 0.2) is 5.78 Å². The van der Waals surface area contributed by atoms with Crippen LogP contribution in [-0.2, 0) is 6.54 Å². The minimum Gasteiger partial charge on any atom is -0.295 e. The van der Waals surface area contributed by atoms with E-state index in [0.717, 1.165) is 16.7 Å². The Morgan fingerprint density at radius 3 is 2.45 bits per heavy atom. The van der Waals surface area contributed by atoms with Crippen molar-refractivity contribution >= 4 is 22.4 Å². The first-order chi connectivity index (χ1) is 14.8. The van der Waals surface area contributed by atoms with Gasteiger partial charge in [0.1, 0.15) is 5.82 Å². The molecule has 1 aromatic heterocycles. The molecular formula is C24H19N3O4. The number of hydrogen-bond donors (Lipinski definition) is 0. The predicted octanol–water partition coefficient (Wildman–Crippen LogP) is 4.53. The number of fused-ring (bicyclic) bond motifs is 1. The van der Waals surface area contributed by atoms with Crippen molar-refractivity contribution in [2.45, 2.75) is 20.4 Å². The third-order valence-corrected chi connectivity index (χ3v) is 5.24. The van der Waals surface area contributed by atoms with Gasteiger partial charge in [-0.15, -0.1) is 0 Å². The zero-order chi connectivity index (χ0) is 22.1. The van der Waals surface area contributed by atoms with Crippen LogP contribution in [0.4, 0.5) is 5.69 Å². The van der Waals surface area contributed by atoms with Crippen LogP contribution < -0.4 is 5.56 Å². The van der Waals surface area contributed by atoms with Gasteiger partial charge in [0, 0.05) is 17.7 Å². The van der Waals surface area contributed by atoms with Gasteiger partial charge >= 0.3 is 0 Å². The molecule has 0 aliphatic carbocycles. The molecule has 0 saturated carbocycles. The Labute approximate surface area is 177 Å². The Balaban J connectivity index is 1.68. The normalized spacial score (nSPS) is 10.9. The Bertz CT molecular complexity index is 1390. The van der Waals surface area contributed by atoms with E-state index in [9.17, 15) is 19.7 Å². The molecule has 0 spiro atoms. The smallest absolute Gasteiger partial charge is 0.270 e. The zero-order valence-electron chi connectivity index (χ0n) is 17.0. The van der Waals surface area contributed by atoms with Gasteiger partial charge in [-0.25, -0.2) is 4.98 Å². The van der Waals surface area contributed by atoms with Crippen LogP contribution in [0.3, 0.4) is 0 Å². The molecule has 0 aliphatic heterocycles. The lowest BCUT2D eigenvalue weighted by atomic mass is 10.0. The maximum absolute atomic E-state index is 13.0. The van der Waals surface area contributed by atoms with E-state index in [1.807, 2.05) is 42.5 Å². The number of rotatable bonds is 5. The van der Waals surface area contributed by atoms with Crippen LogP contribution in [0.2, 0.25) is 0 Å². The average molecular weight is 413 g/mol. The number of non-ortho nitro benzene ring substituents is 1. The van der Waals surface area contributed by atoms with E-state index in [4.69, 9.17) is 0 Å². The zero-order valence-corrected chi connectivity index (χ0v) is 17.0. The standard InChI is InChI=1S/C24H19N3O4/c1-15(28)19-4-3-5-20(12-19)18-8-6-17(7-9-18)14-26-16(2)25-23-11-10-21(27(30)31)13-22(23)24(26)29/h3-13H,14H2,1-2H3. The molecule has 4 aromatic rings. The Kier molecular flexibility index (Phi) is 5.17. The van der Waals surface area contributed by atoms with Gasteiger partial charge in [-0.1, -0.05) is 42.5 Å². The highest BCUT2D eigenvalue weighted by Gasteiger charge is 2.13. The number of carbonyl (C=O) groups is 1. The predicted molar refractivity (Wildman–Crippen MR) is 118 cm³/mol. The molecule has 0 aliphatic rings. The van der Waals surface area contributed by atoms with Crippen molar-refractivity contribution < 1.29 is 9.72 Å². The summed E-state index contributed by atoms with van der Waals surface area (Å²) in [6, 6.07) is 19.2. The lowest BCUT2D eigenvalue weighted by molar-refractivity contribution is -0.384. The second-order valence-electron chi connectivity index (χ2n) is 7.34. The topological polar surface area (TPSA) is 95.1 Å². The quantitative estimate of drug-likeness (QED) is 0.272. The molecule has 3 aromatic carbocycles. The Morgan fingerprint density at radius 1 is 1.03 bits per heavy atom. The highest BCUT2D eigenvalue weighted by Crippen LogP contribution is 2.22. The molecule has 0 saturated heterocycles. The summed E-state index contributed by atoms with van der Waals surface area (Å²) in [5.41, 5.74) is 3.42. The number of nitro benzene ring substituents is 1. The molecule has 0 amide bonds. The van der Waals surface area contributed by atoms with E-state index in [1.54, 1.807) is 13.0 Å². The fourth-order valence-electron chi connectivity index (χ4n) is 3.52.